The molecular weight excluding hydrogens is 306 g/mol. The maximum absolute atomic E-state index is 3.42. The topological polar surface area (TPSA) is 18.5 Å². The predicted octanol–water partition coefficient (Wildman–Crippen LogP) is 3.39. The molecule has 3 heteroatoms. The zero-order chi connectivity index (χ0) is 17.3. The van der Waals surface area contributed by atoms with Crippen LogP contribution >= 0.6 is 0 Å². The number of hydrogen-bond donors (Lipinski definition) is 1. The fourth-order valence-electron chi connectivity index (χ4n) is 3.73. The van der Waals surface area contributed by atoms with Gasteiger partial charge >= 0.3 is 0 Å². The van der Waals surface area contributed by atoms with E-state index in [-0.39, 0.29) is 0 Å². The molecule has 25 heavy (non-hydrogen) atoms. The van der Waals surface area contributed by atoms with E-state index in [4.69, 9.17) is 0 Å². The van der Waals surface area contributed by atoms with Gasteiger partial charge in [0.2, 0.25) is 0 Å². The molecule has 0 radical (unpaired) electrons. The lowest BCUT2D eigenvalue weighted by atomic mass is 9.96. The Balaban J connectivity index is 1.63. The summed E-state index contributed by atoms with van der Waals surface area (Å²) in [6.07, 6.45) is 1.24. The molecule has 0 aromatic heterocycles. The first-order chi connectivity index (χ1) is 12.4. The van der Waals surface area contributed by atoms with Crippen molar-refractivity contribution in [2.75, 3.05) is 45.8 Å². The summed E-state index contributed by atoms with van der Waals surface area (Å²) in [6, 6.07) is 22.3. The number of nitrogens with zero attached hydrogens (tertiary/aromatic N) is 2. The quantitative estimate of drug-likeness (QED) is 0.745. The van der Waals surface area contributed by atoms with Crippen LogP contribution in [0.5, 0.6) is 0 Å². The number of rotatable bonds is 8. The van der Waals surface area contributed by atoms with Crippen LogP contribution in [0.3, 0.4) is 0 Å². The molecule has 1 aliphatic rings. The molecule has 1 aliphatic heterocycles. The van der Waals surface area contributed by atoms with Gasteiger partial charge in [0.15, 0.2) is 0 Å². The minimum atomic E-state index is 0.367. The highest BCUT2D eigenvalue weighted by molar-refractivity contribution is 5.31. The normalized spacial score (nSPS) is 16.4. The van der Waals surface area contributed by atoms with E-state index < -0.39 is 0 Å². The molecule has 1 heterocycles. The van der Waals surface area contributed by atoms with Crippen LogP contribution in [0.15, 0.2) is 60.7 Å². The SMILES string of the molecule is CCNCCCN1CCN(C(c2ccccc2)c2ccccc2)CC1. The summed E-state index contributed by atoms with van der Waals surface area (Å²) in [5, 5.41) is 3.42. The Labute approximate surface area is 152 Å². The fraction of sp³-hybridized carbons (Fsp3) is 0.455. The summed E-state index contributed by atoms with van der Waals surface area (Å²) in [5.41, 5.74) is 2.79. The third-order valence-electron chi connectivity index (χ3n) is 5.08. The van der Waals surface area contributed by atoms with Crippen molar-refractivity contribution in [3.05, 3.63) is 71.8 Å². The number of hydrogen-bond acceptors (Lipinski definition) is 3. The maximum Gasteiger partial charge on any atom is 0.0602 e. The maximum atomic E-state index is 3.42. The Morgan fingerprint density at radius 1 is 0.840 bits per heavy atom. The second kappa shape index (κ2) is 9.71. The highest BCUT2D eigenvalue weighted by Crippen LogP contribution is 2.29. The van der Waals surface area contributed by atoms with Crippen molar-refractivity contribution in [2.24, 2.45) is 0 Å². The van der Waals surface area contributed by atoms with Gasteiger partial charge in [0, 0.05) is 26.2 Å². The third-order valence-corrected chi connectivity index (χ3v) is 5.08. The Morgan fingerprint density at radius 2 is 1.40 bits per heavy atom. The molecule has 2 aromatic rings. The molecule has 1 fully saturated rings. The fourth-order valence-corrected chi connectivity index (χ4v) is 3.73. The van der Waals surface area contributed by atoms with Crippen LogP contribution in [-0.2, 0) is 0 Å². The number of nitrogens with one attached hydrogen (secondary N) is 1. The van der Waals surface area contributed by atoms with Gasteiger partial charge < -0.3 is 10.2 Å². The standard InChI is InChI=1S/C22H31N3/c1-2-23-14-9-15-24-16-18-25(19-17-24)22(20-10-5-3-6-11-20)21-12-7-4-8-13-21/h3-8,10-13,22-23H,2,9,14-19H2,1H3. The van der Waals surface area contributed by atoms with E-state index in [2.05, 4.69) is 82.7 Å². The van der Waals surface area contributed by atoms with Crippen molar-refractivity contribution in [1.82, 2.24) is 15.1 Å². The Kier molecular flexibility index (Phi) is 7.04. The lowest BCUT2D eigenvalue weighted by Crippen LogP contribution is -2.48. The average molecular weight is 338 g/mol. The monoisotopic (exact) mass is 337 g/mol. The van der Waals surface area contributed by atoms with Gasteiger partial charge in [0.05, 0.1) is 6.04 Å². The molecule has 3 nitrogen and oxygen atoms in total. The average Bonchev–Trinajstić information content (AvgIpc) is 2.68. The van der Waals surface area contributed by atoms with Gasteiger partial charge in [-0.3, -0.25) is 4.90 Å². The zero-order valence-electron chi connectivity index (χ0n) is 15.4. The lowest BCUT2D eigenvalue weighted by molar-refractivity contribution is 0.108. The molecule has 134 valence electrons. The van der Waals surface area contributed by atoms with Crippen LogP contribution in [0, 0.1) is 0 Å². The van der Waals surface area contributed by atoms with Crippen LogP contribution < -0.4 is 5.32 Å². The zero-order valence-corrected chi connectivity index (χ0v) is 15.4. The van der Waals surface area contributed by atoms with Crippen molar-refractivity contribution in [2.45, 2.75) is 19.4 Å². The molecule has 0 unspecified atom stereocenters. The molecule has 0 amide bonds. The van der Waals surface area contributed by atoms with Gasteiger partial charge in [-0.15, -0.1) is 0 Å². The van der Waals surface area contributed by atoms with E-state index in [1.54, 1.807) is 0 Å². The molecule has 1 N–H and O–H groups in total. The van der Waals surface area contributed by atoms with Crippen molar-refractivity contribution in [1.29, 1.82) is 0 Å². The summed E-state index contributed by atoms with van der Waals surface area (Å²) in [6.45, 7) is 10.2. The van der Waals surface area contributed by atoms with E-state index in [0.29, 0.717) is 6.04 Å². The van der Waals surface area contributed by atoms with Gasteiger partial charge in [-0.05, 0) is 37.2 Å². The molecule has 0 atom stereocenters. The minimum absolute atomic E-state index is 0.367. The molecule has 1 saturated heterocycles. The molecule has 0 saturated carbocycles. The molecular formula is C22H31N3. The number of piperazine rings is 1. The predicted molar refractivity (Wildman–Crippen MR) is 106 cm³/mol. The first-order valence-electron chi connectivity index (χ1n) is 9.65. The van der Waals surface area contributed by atoms with Gasteiger partial charge in [-0.25, -0.2) is 0 Å². The largest absolute Gasteiger partial charge is 0.317 e. The summed E-state index contributed by atoms with van der Waals surface area (Å²) in [5.74, 6) is 0. The molecule has 0 aliphatic carbocycles. The smallest absolute Gasteiger partial charge is 0.0602 e. The number of benzene rings is 2. The van der Waals surface area contributed by atoms with Crippen LogP contribution in [0.4, 0.5) is 0 Å². The summed E-state index contributed by atoms with van der Waals surface area (Å²) in [7, 11) is 0. The minimum Gasteiger partial charge on any atom is -0.317 e. The van der Waals surface area contributed by atoms with Crippen LogP contribution in [0.2, 0.25) is 0 Å². The van der Waals surface area contributed by atoms with E-state index in [0.717, 1.165) is 26.2 Å². The van der Waals surface area contributed by atoms with Crippen molar-refractivity contribution < 1.29 is 0 Å². The Morgan fingerprint density at radius 3 is 1.92 bits per heavy atom. The summed E-state index contributed by atoms with van der Waals surface area (Å²) < 4.78 is 0. The molecule has 0 spiro atoms. The second-order valence-corrected chi connectivity index (χ2v) is 6.81. The lowest BCUT2D eigenvalue weighted by Gasteiger charge is -2.39. The van der Waals surface area contributed by atoms with Crippen LogP contribution in [0.25, 0.3) is 0 Å². The van der Waals surface area contributed by atoms with Gasteiger partial charge in [0.25, 0.3) is 0 Å². The highest BCUT2D eigenvalue weighted by atomic mass is 15.3. The van der Waals surface area contributed by atoms with Gasteiger partial charge in [-0.2, -0.15) is 0 Å². The van der Waals surface area contributed by atoms with Crippen molar-refractivity contribution in [3.8, 4) is 0 Å². The first-order valence-corrected chi connectivity index (χ1v) is 9.65. The van der Waals surface area contributed by atoms with Gasteiger partial charge in [0.1, 0.15) is 0 Å². The third kappa shape index (κ3) is 5.15. The molecule has 0 bridgehead atoms. The van der Waals surface area contributed by atoms with Crippen LogP contribution in [0.1, 0.15) is 30.5 Å². The molecule has 3 rings (SSSR count). The van der Waals surface area contributed by atoms with Gasteiger partial charge in [-0.1, -0.05) is 67.6 Å². The van der Waals surface area contributed by atoms with Crippen LogP contribution in [-0.4, -0.2) is 55.6 Å². The first kappa shape index (κ1) is 18.1. The van der Waals surface area contributed by atoms with Crippen molar-refractivity contribution >= 4 is 0 Å². The van der Waals surface area contributed by atoms with E-state index in [1.165, 1.54) is 37.2 Å². The van der Waals surface area contributed by atoms with Crippen molar-refractivity contribution in [3.63, 3.8) is 0 Å². The van der Waals surface area contributed by atoms with E-state index >= 15 is 0 Å². The molecule has 2 aromatic carbocycles. The second-order valence-electron chi connectivity index (χ2n) is 6.81. The Hall–Kier alpha value is -1.68. The highest BCUT2D eigenvalue weighted by Gasteiger charge is 2.25. The van der Waals surface area contributed by atoms with E-state index in [1.807, 2.05) is 0 Å². The summed E-state index contributed by atoms with van der Waals surface area (Å²) in [4.78, 5) is 5.26. The van der Waals surface area contributed by atoms with E-state index in [9.17, 15) is 0 Å². The summed E-state index contributed by atoms with van der Waals surface area (Å²) >= 11 is 0. The Bertz CT molecular complexity index is 552.